The minimum absolute atomic E-state index is 0.111. The predicted octanol–water partition coefficient (Wildman–Crippen LogP) is 0.981. The number of hydrogen-bond donors (Lipinski definition) is 2. The van der Waals surface area contributed by atoms with Gasteiger partial charge in [-0.1, -0.05) is 6.92 Å². The summed E-state index contributed by atoms with van der Waals surface area (Å²) >= 11 is 0. The molecule has 1 aromatic carbocycles. The van der Waals surface area contributed by atoms with Gasteiger partial charge in [-0.15, -0.1) is 0 Å². The second-order valence-electron chi connectivity index (χ2n) is 4.09. The minimum Gasteiger partial charge on any atom is -0.495 e. The standard InChI is InChI=1S/C12H20N2O4S/c1-4-9(8-17-2)14-19(15,16)10-5-6-12(18-3)11(13)7-10/h5-7,9,14H,4,8,13H2,1-3H3. The smallest absolute Gasteiger partial charge is 0.240 e. The maximum Gasteiger partial charge on any atom is 0.240 e. The molecule has 0 aliphatic carbocycles. The van der Waals surface area contributed by atoms with E-state index in [1.807, 2.05) is 6.92 Å². The van der Waals surface area contributed by atoms with Crippen LogP contribution in [0.4, 0.5) is 5.69 Å². The van der Waals surface area contributed by atoms with Gasteiger partial charge in [-0.25, -0.2) is 13.1 Å². The minimum atomic E-state index is -3.61. The van der Waals surface area contributed by atoms with Crippen molar-refractivity contribution in [1.29, 1.82) is 0 Å². The summed E-state index contributed by atoms with van der Waals surface area (Å²) in [6, 6.07) is 4.09. The molecule has 1 atom stereocenters. The lowest BCUT2D eigenvalue weighted by Crippen LogP contribution is -2.37. The van der Waals surface area contributed by atoms with Crippen LogP contribution in [0.3, 0.4) is 0 Å². The van der Waals surface area contributed by atoms with E-state index in [0.29, 0.717) is 18.8 Å². The normalized spacial score (nSPS) is 13.2. The van der Waals surface area contributed by atoms with Crippen LogP contribution in [-0.2, 0) is 14.8 Å². The van der Waals surface area contributed by atoms with Gasteiger partial charge in [0.2, 0.25) is 10.0 Å². The number of sulfonamides is 1. The number of benzene rings is 1. The summed E-state index contributed by atoms with van der Waals surface area (Å²) in [5, 5.41) is 0. The molecule has 6 nitrogen and oxygen atoms in total. The van der Waals surface area contributed by atoms with E-state index in [1.165, 1.54) is 32.4 Å². The molecule has 0 amide bonds. The number of nitrogen functional groups attached to an aromatic ring is 1. The van der Waals surface area contributed by atoms with E-state index >= 15 is 0 Å². The lowest BCUT2D eigenvalue weighted by molar-refractivity contribution is 0.173. The summed E-state index contributed by atoms with van der Waals surface area (Å²) in [6.07, 6.45) is 0.638. The quantitative estimate of drug-likeness (QED) is 0.730. The molecule has 0 aromatic heterocycles. The Morgan fingerprint density at radius 3 is 2.53 bits per heavy atom. The van der Waals surface area contributed by atoms with Crippen molar-refractivity contribution in [2.45, 2.75) is 24.3 Å². The van der Waals surface area contributed by atoms with Crippen molar-refractivity contribution in [3.8, 4) is 5.75 Å². The number of anilines is 1. The van der Waals surface area contributed by atoms with Crippen LogP contribution < -0.4 is 15.2 Å². The van der Waals surface area contributed by atoms with Gasteiger partial charge in [-0.2, -0.15) is 0 Å². The number of rotatable bonds is 7. The zero-order valence-electron chi connectivity index (χ0n) is 11.3. The van der Waals surface area contributed by atoms with E-state index in [0.717, 1.165) is 0 Å². The number of nitrogens with one attached hydrogen (secondary N) is 1. The van der Waals surface area contributed by atoms with Crippen LogP contribution in [0.25, 0.3) is 0 Å². The van der Waals surface area contributed by atoms with Crippen molar-refractivity contribution in [2.75, 3.05) is 26.6 Å². The van der Waals surface area contributed by atoms with Gasteiger partial charge >= 0.3 is 0 Å². The first kappa shape index (κ1) is 15.7. The van der Waals surface area contributed by atoms with Crippen molar-refractivity contribution >= 4 is 15.7 Å². The molecule has 1 aromatic rings. The number of hydrogen-bond acceptors (Lipinski definition) is 5. The highest BCUT2D eigenvalue weighted by Crippen LogP contribution is 2.24. The lowest BCUT2D eigenvalue weighted by atomic mass is 10.3. The molecule has 0 saturated carbocycles. The third kappa shape index (κ3) is 4.09. The summed E-state index contributed by atoms with van der Waals surface area (Å²) in [6.45, 7) is 2.20. The Morgan fingerprint density at radius 1 is 1.37 bits per heavy atom. The van der Waals surface area contributed by atoms with Gasteiger partial charge in [0.1, 0.15) is 5.75 Å². The SMILES string of the molecule is CCC(COC)NS(=O)(=O)c1ccc(OC)c(N)c1. The summed E-state index contributed by atoms with van der Waals surface area (Å²) in [7, 11) is -0.601. The summed E-state index contributed by atoms with van der Waals surface area (Å²) in [5.41, 5.74) is 5.99. The van der Waals surface area contributed by atoms with E-state index in [1.54, 1.807) is 0 Å². The Labute approximate surface area is 113 Å². The fourth-order valence-corrected chi connectivity index (χ4v) is 2.94. The van der Waals surface area contributed by atoms with Gasteiger partial charge in [0.05, 0.1) is 24.3 Å². The summed E-state index contributed by atoms with van der Waals surface area (Å²) in [5.74, 6) is 0.447. The Morgan fingerprint density at radius 2 is 2.05 bits per heavy atom. The van der Waals surface area contributed by atoms with Crippen LogP contribution in [0.2, 0.25) is 0 Å². The van der Waals surface area contributed by atoms with E-state index in [-0.39, 0.29) is 16.6 Å². The molecule has 0 radical (unpaired) electrons. The van der Waals surface area contributed by atoms with Crippen molar-refractivity contribution in [3.05, 3.63) is 18.2 Å². The van der Waals surface area contributed by atoms with Gasteiger partial charge in [-0.05, 0) is 24.6 Å². The average molecular weight is 288 g/mol. The van der Waals surface area contributed by atoms with Crippen molar-refractivity contribution < 1.29 is 17.9 Å². The molecule has 0 bridgehead atoms. The van der Waals surface area contributed by atoms with Crippen molar-refractivity contribution in [2.24, 2.45) is 0 Å². The molecule has 0 fully saturated rings. The zero-order valence-corrected chi connectivity index (χ0v) is 12.2. The zero-order chi connectivity index (χ0) is 14.5. The van der Waals surface area contributed by atoms with Gasteiger partial charge < -0.3 is 15.2 Å². The van der Waals surface area contributed by atoms with E-state index in [9.17, 15) is 8.42 Å². The fraction of sp³-hybridized carbons (Fsp3) is 0.500. The molecule has 0 saturated heterocycles. The Bertz CT molecular complexity index is 516. The largest absolute Gasteiger partial charge is 0.495 e. The van der Waals surface area contributed by atoms with Crippen LogP contribution in [0.15, 0.2) is 23.1 Å². The number of methoxy groups -OCH3 is 2. The Hall–Kier alpha value is -1.31. The molecular formula is C12H20N2O4S. The van der Waals surface area contributed by atoms with Gasteiger partial charge in [0.25, 0.3) is 0 Å². The molecule has 108 valence electrons. The highest BCUT2D eigenvalue weighted by Gasteiger charge is 2.19. The summed E-state index contributed by atoms with van der Waals surface area (Å²) in [4.78, 5) is 0.111. The third-order valence-corrected chi connectivity index (χ3v) is 4.21. The monoisotopic (exact) mass is 288 g/mol. The van der Waals surface area contributed by atoms with Gasteiger partial charge in [0.15, 0.2) is 0 Å². The number of nitrogens with two attached hydrogens (primary N) is 1. The first-order chi connectivity index (χ1) is 8.94. The highest BCUT2D eigenvalue weighted by molar-refractivity contribution is 7.89. The molecule has 0 aliphatic heterocycles. The van der Waals surface area contributed by atoms with Gasteiger partial charge in [0, 0.05) is 13.2 Å². The van der Waals surface area contributed by atoms with Crippen LogP contribution in [-0.4, -0.2) is 35.3 Å². The van der Waals surface area contributed by atoms with Crippen LogP contribution >= 0.6 is 0 Å². The van der Waals surface area contributed by atoms with Crippen LogP contribution in [0.5, 0.6) is 5.75 Å². The molecule has 3 N–H and O–H groups in total. The second-order valence-corrected chi connectivity index (χ2v) is 5.80. The summed E-state index contributed by atoms with van der Waals surface area (Å²) < 4.78 is 36.9. The molecule has 0 aliphatic rings. The lowest BCUT2D eigenvalue weighted by Gasteiger charge is -2.16. The van der Waals surface area contributed by atoms with Crippen LogP contribution in [0, 0.1) is 0 Å². The first-order valence-corrected chi connectivity index (χ1v) is 7.37. The topological polar surface area (TPSA) is 90.6 Å². The Balaban J connectivity index is 2.96. The molecule has 1 rings (SSSR count). The molecule has 1 unspecified atom stereocenters. The van der Waals surface area contributed by atoms with E-state index in [2.05, 4.69) is 4.72 Å². The second kappa shape index (κ2) is 6.74. The maximum atomic E-state index is 12.2. The molecule has 7 heteroatoms. The van der Waals surface area contributed by atoms with E-state index < -0.39 is 10.0 Å². The third-order valence-electron chi connectivity index (χ3n) is 2.69. The molecular weight excluding hydrogens is 268 g/mol. The van der Waals surface area contributed by atoms with Gasteiger partial charge in [-0.3, -0.25) is 0 Å². The molecule has 19 heavy (non-hydrogen) atoms. The van der Waals surface area contributed by atoms with E-state index in [4.69, 9.17) is 15.2 Å². The predicted molar refractivity (Wildman–Crippen MR) is 73.7 cm³/mol. The first-order valence-electron chi connectivity index (χ1n) is 5.89. The molecule has 0 heterocycles. The maximum absolute atomic E-state index is 12.2. The highest BCUT2D eigenvalue weighted by atomic mass is 32.2. The average Bonchev–Trinajstić information content (AvgIpc) is 2.37. The number of ether oxygens (including phenoxy) is 2. The van der Waals surface area contributed by atoms with Crippen LogP contribution in [0.1, 0.15) is 13.3 Å². The Kier molecular flexibility index (Phi) is 5.59. The van der Waals surface area contributed by atoms with Crippen molar-refractivity contribution in [3.63, 3.8) is 0 Å². The fourth-order valence-electron chi connectivity index (χ4n) is 1.60. The molecule has 0 spiro atoms. The van der Waals surface area contributed by atoms with Crippen molar-refractivity contribution in [1.82, 2.24) is 4.72 Å².